The van der Waals surface area contributed by atoms with E-state index in [1.807, 2.05) is 6.92 Å². The number of fused-ring (bicyclic) bond motifs is 2. The molecule has 0 spiro atoms. The van der Waals surface area contributed by atoms with Gasteiger partial charge < -0.3 is 4.90 Å². The molecular weight excluding hydrogens is 376 g/mol. The van der Waals surface area contributed by atoms with Crippen LogP contribution >= 0.6 is 0 Å². The Labute approximate surface area is 165 Å². The van der Waals surface area contributed by atoms with Gasteiger partial charge in [0.05, 0.1) is 11.4 Å². The number of anilines is 1. The van der Waals surface area contributed by atoms with Crippen molar-refractivity contribution in [3.8, 4) is 0 Å². The highest BCUT2D eigenvalue weighted by molar-refractivity contribution is 7.89. The number of nitrogens with zero attached hydrogens (tertiary/aromatic N) is 5. The van der Waals surface area contributed by atoms with Crippen LogP contribution in [0.15, 0.2) is 4.90 Å². The Morgan fingerprint density at radius 1 is 1.00 bits per heavy atom. The van der Waals surface area contributed by atoms with Crippen molar-refractivity contribution in [1.29, 1.82) is 0 Å². The molecule has 1 aliphatic carbocycles. The average molecular weight is 403 g/mol. The lowest BCUT2D eigenvalue weighted by molar-refractivity contribution is 0.452. The van der Waals surface area contributed by atoms with Crippen LogP contribution in [0.2, 0.25) is 0 Å². The molecule has 5 rings (SSSR count). The molecule has 2 aromatic rings. The van der Waals surface area contributed by atoms with Gasteiger partial charge in [0, 0.05) is 37.4 Å². The minimum atomic E-state index is -3.50. The minimum Gasteiger partial charge on any atom is -0.356 e. The summed E-state index contributed by atoms with van der Waals surface area (Å²) in [6, 6.07) is 0. The van der Waals surface area contributed by atoms with Crippen molar-refractivity contribution in [3.63, 3.8) is 0 Å². The van der Waals surface area contributed by atoms with Crippen LogP contribution in [0.3, 0.4) is 0 Å². The third-order valence-corrected chi connectivity index (χ3v) is 8.53. The zero-order chi connectivity index (χ0) is 19.6. The standard InChI is InChI=1S/C19H26N6O2S/c1-11-18(12(2)23-22-11)28(26,27)25-9-14-7-24(8-15(14)10-25)19-16-5-4-6-17(16)20-13(3)21-19/h14-15H,4-10H2,1-3H3,(H,22,23). The molecule has 0 radical (unpaired) electrons. The van der Waals surface area contributed by atoms with E-state index >= 15 is 0 Å². The molecule has 2 unspecified atom stereocenters. The van der Waals surface area contributed by atoms with Gasteiger partial charge in [0.25, 0.3) is 0 Å². The summed E-state index contributed by atoms with van der Waals surface area (Å²) in [5.41, 5.74) is 3.67. The van der Waals surface area contributed by atoms with Gasteiger partial charge in [-0.25, -0.2) is 18.4 Å². The third-order valence-electron chi connectivity index (χ3n) is 6.43. The van der Waals surface area contributed by atoms with Crippen LogP contribution in [0.25, 0.3) is 0 Å². The van der Waals surface area contributed by atoms with Gasteiger partial charge >= 0.3 is 0 Å². The molecule has 2 atom stereocenters. The SMILES string of the molecule is Cc1nc2c(c(N3CC4CN(S(=O)(=O)c5c(C)n[nH]c5C)CC4C3)n1)CCC2. The Balaban J connectivity index is 1.37. The topological polar surface area (TPSA) is 95.1 Å². The number of sulfonamides is 1. The quantitative estimate of drug-likeness (QED) is 0.833. The first-order valence-corrected chi connectivity index (χ1v) is 11.4. The number of hydrogen-bond donors (Lipinski definition) is 1. The normalized spacial score (nSPS) is 24.8. The lowest BCUT2D eigenvalue weighted by atomic mass is 10.0. The van der Waals surface area contributed by atoms with Crippen molar-refractivity contribution >= 4 is 15.8 Å². The minimum absolute atomic E-state index is 0.341. The van der Waals surface area contributed by atoms with E-state index in [0.29, 0.717) is 41.2 Å². The summed E-state index contributed by atoms with van der Waals surface area (Å²) in [7, 11) is -3.50. The summed E-state index contributed by atoms with van der Waals surface area (Å²) in [4.78, 5) is 12.1. The Kier molecular flexibility index (Phi) is 4.03. The highest BCUT2D eigenvalue weighted by Crippen LogP contribution is 2.39. The molecule has 0 saturated carbocycles. The summed E-state index contributed by atoms with van der Waals surface area (Å²) in [5, 5.41) is 6.86. The summed E-state index contributed by atoms with van der Waals surface area (Å²) in [6.07, 6.45) is 3.24. The lowest BCUT2D eigenvalue weighted by Crippen LogP contribution is -2.34. The fraction of sp³-hybridized carbons (Fsp3) is 0.632. The fourth-order valence-electron chi connectivity index (χ4n) is 5.16. The van der Waals surface area contributed by atoms with Crippen molar-refractivity contribution in [3.05, 3.63) is 28.5 Å². The lowest BCUT2D eigenvalue weighted by Gasteiger charge is -2.24. The number of aryl methyl sites for hydroxylation is 4. The first-order chi connectivity index (χ1) is 13.3. The van der Waals surface area contributed by atoms with E-state index in [-0.39, 0.29) is 0 Å². The van der Waals surface area contributed by atoms with Gasteiger partial charge in [-0.2, -0.15) is 9.40 Å². The molecule has 150 valence electrons. The summed E-state index contributed by atoms with van der Waals surface area (Å²) in [5.74, 6) is 2.61. The van der Waals surface area contributed by atoms with Crippen molar-refractivity contribution in [2.45, 2.75) is 44.9 Å². The molecular formula is C19H26N6O2S. The highest BCUT2D eigenvalue weighted by Gasteiger charge is 2.46. The summed E-state index contributed by atoms with van der Waals surface area (Å²) < 4.78 is 28.0. The predicted octanol–water partition coefficient (Wildman–Crippen LogP) is 1.37. The molecule has 4 heterocycles. The van der Waals surface area contributed by atoms with Crippen LogP contribution < -0.4 is 4.90 Å². The average Bonchev–Trinajstić information content (AvgIpc) is 3.36. The van der Waals surface area contributed by atoms with E-state index in [1.165, 1.54) is 11.3 Å². The second kappa shape index (κ2) is 6.25. The van der Waals surface area contributed by atoms with E-state index < -0.39 is 10.0 Å². The van der Waals surface area contributed by atoms with Crippen LogP contribution in [0.4, 0.5) is 5.82 Å². The number of aromatic amines is 1. The van der Waals surface area contributed by atoms with Gasteiger partial charge in [-0.15, -0.1) is 0 Å². The van der Waals surface area contributed by atoms with Crippen LogP contribution in [0.1, 0.15) is 34.9 Å². The second-order valence-electron chi connectivity index (χ2n) is 8.38. The van der Waals surface area contributed by atoms with Crippen LogP contribution in [0, 0.1) is 32.6 Å². The molecule has 8 nitrogen and oxygen atoms in total. The van der Waals surface area contributed by atoms with Gasteiger partial charge in [-0.1, -0.05) is 0 Å². The van der Waals surface area contributed by atoms with Gasteiger partial charge in [-0.3, -0.25) is 5.10 Å². The van der Waals surface area contributed by atoms with E-state index in [1.54, 1.807) is 18.2 Å². The fourth-order valence-corrected chi connectivity index (χ4v) is 7.05. The molecule has 0 aromatic carbocycles. The first kappa shape index (κ1) is 18.1. The molecule has 0 amide bonds. The molecule has 2 aromatic heterocycles. The third kappa shape index (κ3) is 2.67. The molecule has 2 saturated heterocycles. The van der Waals surface area contributed by atoms with Gasteiger partial charge in [0.1, 0.15) is 16.5 Å². The second-order valence-corrected chi connectivity index (χ2v) is 10.3. The van der Waals surface area contributed by atoms with Crippen molar-refractivity contribution < 1.29 is 8.42 Å². The summed E-state index contributed by atoms with van der Waals surface area (Å²) in [6.45, 7) is 8.34. The summed E-state index contributed by atoms with van der Waals surface area (Å²) >= 11 is 0. The smallest absolute Gasteiger partial charge is 0.246 e. The number of aromatic nitrogens is 4. The van der Waals surface area contributed by atoms with Crippen LogP contribution in [-0.2, 0) is 22.9 Å². The maximum Gasteiger partial charge on any atom is 0.246 e. The van der Waals surface area contributed by atoms with E-state index in [2.05, 4.69) is 20.1 Å². The predicted molar refractivity (Wildman–Crippen MR) is 105 cm³/mol. The van der Waals surface area contributed by atoms with E-state index in [0.717, 1.165) is 44.0 Å². The van der Waals surface area contributed by atoms with E-state index in [9.17, 15) is 8.42 Å². The van der Waals surface area contributed by atoms with Gasteiger partial charge in [-0.05, 0) is 51.9 Å². The van der Waals surface area contributed by atoms with Crippen molar-refractivity contribution in [2.75, 3.05) is 31.1 Å². The Morgan fingerprint density at radius 2 is 1.71 bits per heavy atom. The largest absolute Gasteiger partial charge is 0.356 e. The van der Waals surface area contributed by atoms with Crippen molar-refractivity contribution in [2.24, 2.45) is 11.8 Å². The first-order valence-electron chi connectivity index (χ1n) is 9.97. The maximum absolute atomic E-state index is 13.1. The molecule has 2 fully saturated rings. The number of nitrogens with one attached hydrogen (secondary N) is 1. The van der Waals surface area contributed by atoms with Crippen molar-refractivity contribution in [1.82, 2.24) is 24.5 Å². The zero-order valence-corrected chi connectivity index (χ0v) is 17.4. The van der Waals surface area contributed by atoms with Gasteiger partial charge in [0.15, 0.2) is 0 Å². The number of rotatable bonds is 3. The molecule has 9 heteroatoms. The monoisotopic (exact) mass is 402 g/mol. The molecule has 0 bridgehead atoms. The Hall–Kier alpha value is -2.00. The molecule has 2 aliphatic heterocycles. The van der Waals surface area contributed by atoms with E-state index in [4.69, 9.17) is 4.98 Å². The van der Waals surface area contributed by atoms with Crippen LogP contribution in [0.5, 0.6) is 0 Å². The number of H-pyrrole nitrogens is 1. The van der Waals surface area contributed by atoms with Gasteiger partial charge in [0.2, 0.25) is 10.0 Å². The number of hydrogen-bond acceptors (Lipinski definition) is 6. The Bertz CT molecular complexity index is 1010. The Morgan fingerprint density at radius 3 is 2.36 bits per heavy atom. The molecule has 3 aliphatic rings. The molecule has 1 N–H and O–H groups in total. The highest BCUT2D eigenvalue weighted by atomic mass is 32.2. The molecule has 28 heavy (non-hydrogen) atoms. The van der Waals surface area contributed by atoms with Crippen LogP contribution in [-0.4, -0.2) is 59.1 Å². The maximum atomic E-state index is 13.1. The zero-order valence-electron chi connectivity index (χ0n) is 16.6.